The van der Waals surface area contributed by atoms with Crippen LogP contribution in [0.15, 0.2) is 11.7 Å². The van der Waals surface area contributed by atoms with Crippen LogP contribution in [0.3, 0.4) is 0 Å². The minimum Gasteiger partial charge on any atom is -0.378 e. The fraction of sp³-hybridized carbons (Fsp3) is 0.769. The molecule has 1 saturated carbocycles. The Morgan fingerprint density at radius 1 is 1.35 bits per heavy atom. The first-order valence-corrected chi connectivity index (χ1v) is 7.53. The molecule has 0 aliphatic heterocycles. The molecule has 0 spiro atoms. The predicted octanol–water partition coefficient (Wildman–Crippen LogP) is 2.97. The molecule has 0 atom stereocenters. The van der Waals surface area contributed by atoms with Crippen molar-refractivity contribution in [3.05, 3.63) is 16.6 Å². The van der Waals surface area contributed by atoms with Gasteiger partial charge in [0.2, 0.25) is 0 Å². The number of rotatable bonds is 7. The summed E-state index contributed by atoms with van der Waals surface area (Å²) in [5, 5.41) is 3.42. The predicted molar refractivity (Wildman–Crippen MR) is 71.3 cm³/mol. The molecule has 0 amide bonds. The average Bonchev–Trinajstić information content (AvgIpc) is 2.88. The van der Waals surface area contributed by atoms with Crippen molar-refractivity contribution in [1.82, 2.24) is 10.3 Å². The van der Waals surface area contributed by atoms with E-state index in [4.69, 9.17) is 4.74 Å². The van der Waals surface area contributed by atoms with Crippen molar-refractivity contribution in [3.8, 4) is 0 Å². The van der Waals surface area contributed by atoms with Gasteiger partial charge in [0.15, 0.2) is 0 Å². The highest BCUT2D eigenvalue weighted by Gasteiger charge is 2.12. The van der Waals surface area contributed by atoms with E-state index in [-0.39, 0.29) is 0 Å². The van der Waals surface area contributed by atoms with Gasteiger partial charge in [0, 0.05) is 24.2 Å². The third kappa shape index (κ3) is 5.15. The van der Waals surface area contributed by atoms with E-state index in [0.29, 0.717) is 6.10 Å². The summed E-state index contributed by atoms with van der Waals surface area (Å²) in [6.07, 6.45) is 10.2. The zero-order valence-corrected chi connectivity index (χ0v) is 11.2. The average molecular weight is 254 g/mol. The zero-order valence-electron chi connectivity index (χ0n) is 10.4. The molecule has 3 nitrogen and oxygen atoms in total. The molecule has 1 aliphatic rings. The quantitative estimate of drug-likeness (QED) is 0.760. The van der Waals surface area contributed by atoms with Crippen LogP contribution in [0.4, 0.5) is 0 Å². The van der Waals surface area contributed by atoms with Gasteiger partial charge in [-0.3, -0.25) is 4.98 Å². The van der Waals surface area contributed by atoms with Crippen molar-refractivity contribution in [3.63, 3.8) is 0 Å². The van der Waals surface area contributed by atoms with Crippen LogP contribution in [0.25, 0.3) is 0 Å². The van der Waals surface area contributed by atoms with E-state index in [1.54, 1.807) is 11.3 Å². The lowest BCUT2D eigenvalue weighted by Gasteiger charge is -2.21. The Kier molecular flexibility index (Phi) is 5.96. The largest absolute Gasteiger partial charge is 0.378 e. The van der Waals surface area contributed by atoms with E-state index in [9.17, 15) is 0 Å². The summed E-state index contributed by atoms with van der Waals surface area (Å²) in [4.78, 5) is 5.36. The van der Waals surface area contributed by atoms with Crippen LogP contribution in [-0.4, -0.2) is 24.2 Å². The highest BCUT2D eigenvalue weighted by molar-refractivity contribution is 7.09. The minimum atomic E-state index is 0.547. The van der Waals surface area contributed by atoms with Crippen LogP contribution in [0, 0.1) is 0 Å². The summed E-state index contributed by atoms with van der Waals surface area (Å²) in [5.41, 5.74) is 1.88. The van der Waals surface area contributed by atoms with Gasteiger partial charge in [0.25, 0.3) is 0 Å². The number of ether oxygens (including phenoxy) is 1. The van der Waals surface area contributed by atoms with Gasteiger partial charge >= 0.3 is 0 Å². The Bertz CT molecular complexity index is 284. The van der Waals surface area contributed by atoms with Crippen molar-refractivity contribution >= 4 is 11.3 Å². The molecule has 2 rings (SSSR count). The van der Waals surface area contributed by atoms with Gasteiger partial charge < -0.3 is 10.1 Å². The van der Waals surface area contributed by atoms with Crippen molar-refractivity contribution in [2.75, 3.05) is 13.2 Å². The van der Waals surface area contributed by atoms with E-state index in [1.165, 1.54) is 37.0 Å². The van der Waals surface area contributed by atoms with Crippen LogP contribution in [-0.2, 0) is 11.3 Å². The first-order chi connectivity index (χ1) is 8.45. The normalized spacial score (nSPS) is 17.4. The van der Waals surface area contributed by atoms with Crippen LogP contribution >= 0.6 is 11.3 Å². The number of aromatic nitrogens is 1. The fourth-order valence-corrected chi connectivity index (χ4v) is 2.78. The van der Waals surface area contributed by atoms with E-state index >= 15 is 0 Å². The maximum absolute atomic E-state index is 5.87. The fourth-order valence-electron chi connectivity index (χ4n) is 2.22. The highest BCUT2D eigenvalue weighted by Crippen LogP contribution is 2.20. The molecule has 1 fully saturated rings. The standard InChI is InChI=1S/C13H22N2OS/c1-2-5-12(6-3-1)16-8-4-7-14-9-13-10-15-11-17-13/h10-12,14H,1-9H2. The Morgan fingerprint density at radius 3 is 3.00 bits per heavy atom. The van der Waals surface area contributed by atoms with E-state index in [0.717, 1.165) is 26.1 Å². The third-order valence-electron chi connectivity index (χ3n) is 3.19. The molecular formula is C13H22N2OS. The SMILES string of the molecule is c1ncc(CNCCCOC2CCCCC2)s1. The second-order valence-electron chi connectivity index (χ2n) is 4.63. The second kappa shape index (κ2) is 7.80. The van der Waals surface area contributed by atoms with Gasteiger partial charge in [-0.15, -0.1) is 11.3 Å². The summed E-state index contributed by atoms with van der Waals surface area (Å²) in [6, 6.07) is 0. The maximum atomic E-state index is 5.87. The van der Waals surface area contributed by atoms with Crippen molar-refractivity contribution < 1.29 is 4.74 Å². The molecule has 0 aromatic carbocycles. The topological polar surface area (TPSA) is 34.2 Å². The molecule has 1 heterocycles. The summed E-state index contributed by atoms with van der Waals surface area (Å²) >= 11 is 1.70. The number of thiazole rings is 1. The van der Waals surface area contributed by atoms with Gasteiger partial charge in [0.05, 0.1) is 11.6 Å². The van der Waals surface area contributed by atoms with Crippen molar-refractivity contribution in [2.24, 2.45) is 0 Å². The van der Waals surface area contributed by atoms with Crippen LogP contribution in [0.1, 0.15) is 43.4 Å². The molecule has 1 aromatic rings. The monoisotopic (exact) mass is 254 g/mol. The maximum Gasteiger partial charge on any atom is 0.0794 e. The van der Waals surface area contributed by atoms with E-state index < -0.39 is 0 Å². The van der Waals surface area contributed by atoms with Crippen LogP contribution in [0.5, 0.6) is 0 Å². The smallest absolute Gasteiger partial charge is 0.0794 e. The minimum absolute atomic E-state index is 0.547. The molecule has 0 bridgehead atoms. The lowest BCUT2D eigenvalue weighted by molar-refractivity contribution is 0.0273. The first-order valence-electron chi connectivity index (χ1n) is 6.65. The van der Waals surface area contributed by atoms with Crippen molar-refractivity contribution in [2.45, 2.75) is 51.2 Å². The Labute approximate surface area is 108 Å². The summed E-state index contributed by atoms with van der Waals surface area (Å²) in [6.45, 7) is 2.87. The van der Waals surface area contributed by atoms with E-state index in [1.807, 2.05) is 11.7 Å². The second-order valence-corrected chi connectivity index (χ2v) is 5.60. The van der Waals surface area contributed by atoms with Crippen LogP contribution < -0.4 is 5.32 Å². The Morgan fingerprint density at radius 2 is 2.24 bits per heavy atom. The molecule has 4 heteroatoms. The molecule has 17 heavy (non-hydrogen) atoms. The van der Waals surface area contributed by atoms with Gasteiger partial charge in [0.1, 0.15) is 0 Å². The molecule has 0 unspecified atom stereocenters. The molecular weight excluding hydrogens is 232 g/mol. The number of nitrogens with zero attached hydrogens (tertiary/aromatic N) is 1. The lowest BCUT2D eigenvalue weighted by Crippen LogP contribution is -2.20. The molecule has 1 aromatic heterocycles. The molecule has 1 N–H and O–H groups in total. The first kappa shape index (κ1) is 13.0. The zero-order chi connectivity index (χ0) is 11.8. The number of hydrogen-bond donors (Lipinski definition) is 1. The van der Waals surface area contributed by atoms with E-state index in [2.05, 4.69) is 10.3 Å². The number of hydrogen-bond acceptors (Lipinski definition) is 4. The van der Waals surface area contributed by atoms with Crippen molar-refractivity contribution in [1.29, 1.82) is 0 Å². The van der Waals surface area contributed by atoms with Crippen LogP contribution in [0.2, 0.25) is 0 Å². The number of nitrogens with one attached hydrogen (secondary N) is 1. The third-order valence-corrected chi connectivity index (χ3v) is 3.97. The van der Waals surface area contributed by atoms with Gasteiger partial charge in [-0.2, -0.15) is 0 Å². The highest BCUT2D eigenvalue weighted by atomic mass is 32.1. The van der Waals surface area contributed by atoms with Gasteiger partial charge in [-0.1, -0.05) is 19.3 Å². The molecule has 96 valence electrons. The summed E-state index contributed by atoms with van der Waals surface area (Å²) in [5.74, 6) is 0. The molecule has 0 radical (unpaired) electrons. The molecule has 0 saturated heterocycles. The van der Waals surface area contributed by atoms with Gasteiger partial charge in [-0.05, 0) is 25.8 Å². The Balaban J connectivity index is 1.43. The Hall–Kier alpha value is -0.450. The lowest BCUT2D eigenvalue weighted by atomic mass is 9.98. The summed E-state index contributed by atoms with van der Waals surface area (Å²) in [7, 11) is 0. The summed E-state index contributed by atoms with van der Waals surface area (Å²) < 4.78 is 5.87. The molecule has 1 aliphatic carbocycles. The van der Waals surface area contributed by atoms with Gasteiger partial charge in [-0.25, -0.2) is 0 Å².